The number of hydrogen-bond acceptors (Lipinski definition) is 1. The van der Waals surface area contributed by atoms with Crippen LogP contribution in [-0.2, 0) is 10.3 Å². The summed E-state index contributed by atoms with van der Waals surface area (Å²) in [5.41, 5.74) is 2.86. The molecule has 0 aliphatic rings. The van der Waals surface area contributed by atoms with Crippen molar-refractivity contribution in [3.8, 4) is 0 Å². The first-order chi connectivity index (χ1) is 13.4. The van der Waals surface area contributed by atoms with Crippen LogP contribution in [0.5, 0.6) is 0 Å². The number of unbranched alkanes of at least 4 members (excludes halogenated alkanes) is 4. The Morgan fingerprint density at radius 1 is 0.667 bits per heavy atom. The standard InChI is InChI=1S/C26H29O/c1-2-3-4-5-15-22-27-26(23-16-9-6-10-17-23,24-18-11-7-12-19-24)25-20-13-8-14-21-25/h6-21H,2-5,22H2,1H3. The van der Waals surface area contributed by atoms with Crippen LogP contribution in [0.1, 0.15) is 49.3 Å². The molecule has 1 nitrogen and oxygen atoms in total. The molecule has 0 spiro atoms. The van der Waals surface area contributed by atoms with Crippen molar-refractivity contribution in [3.05, 3.63) is 114 Å². The third-order valence-electron chi connectivity index (χ3n) is 4.97. The Bertz CT molecular complexity index is 668. The van der Waals surface area contributed by atoms with Crippen molar-refractivity contribution in [1.29, 1.82) is 0 Å². The highest BCUT2D eigenvalue weighted by Crippen LogP contribution is 2.40. The van der Waals surface area contributed by atoms with Gasteiger partial charge in [0.2, 0.25) is 0 Å². The Balaban J connectivity index is 1.98. The zero-order valence-electron chi connectivity index (χ0n) is 16.2. The SMILES string of the molecule is CCCCC[CH]COC(c1ccccc1)(c1ccccc1)c1ccccc1. The van der Waals surface area contributed by atoms with E-state index in [9.17, 15) is 0 Å². The van der Waals surface area contributed by atoms with E-state index in [0.717, 1.165) is 23.1 Å². The molecule has 0 unspecified atom stereocenters. The first-order valence-electron chi connectivity index (χ1n) is 10.00. The van der Waals surface area contributed by atoms with Gasteiger partial charge in [-0.1, -0.05) is 117 Å². The van der Waals surface area contributed by atoms with Crippen LogP contribution in [0.2, 0.25) is 0 Å². The Morgan fingerprint density at radius 3 is 1.52 bits per heavy atom. The van der Waals surface area contributed by atoms with Crippen LogP contribution in [0, 0.1) is 6.42 Å². The van der Waals surface area contributed by atoms with Crippen molar-refractivity contribution in [2.45, 2.75) is 38.2 Å². The summed E-state index contributed by atoms with van der Waals surface area (Å²) in [6.45, 7) is 2.87. The Morgan fingerprint density at radius 2 is 1.11 bits per heavy atom. The molecule has 0 bridgehead atoms. The second-order valence-electron chi connectivity index (χ2n) is 6.87. The lowest BCUT2D eigenvalue weighted by Crippen LogP contribution is -2.33. The molecule has 3 aromatic carbocycles. The summed E-state index contributed by atoms with van der Waals surface area (Å²) in [6.07, 6.45) is 7.13. The van der Waals surface area contributed by atoms with Gasteiger partial charge in [-0.2, -0.15) is 0 Å². The van der Waals surface area contributed by atoms with E-state index in [1.165, 1.54) is 19.3 Å². The quantitative estimate of drug-likeness (QED) is 0.287. The summed E-state index contributed by atoms with van der Waals surface area (Å²) >= 11 is 0. The molecule has 0 fully saturated rings. The van der Waals surface area contributed by atoms with Crippen molar-refractivity contribution < 1.29 is 4.74 Å². The van der Waals surface area contributed by atoms with Gasteiger partial charge >= 0.3 is 0 Å². The van der Waals surface area contributed by atoms with E-state index < -0.39 is 5.60 Å². The molecule has 0 heterocycles. The van der Waals surface area contributed by atoms with Gasteiger partial charge in [0, 0.05) is 0 Å². The molecular weight excluding hydrogens is 328 g/mol. The molecule has 1 heteroatoms. The fraction of sp³-hybridized carbons (Fsp3) is 0.269. The van der Waals surface area contributed by atoms with Gasteiger partial charge in [0.1, 0.15) is 5.60 Å². The maximum atomic E-state index is 6.71. The third-order valence-corrected chi connectivity index (χ3v) is 4.97. The first kappa shape index (κ1) is 19.4. The second kappa shape index (κ2) is 10.1. The van der Waals surface area contributed by atoms with E-state index >= 15 is 0 Å². The third kappa shape index (κ3) is 4.67. The average Bonchev–Trinajstić information content (AvgIpc) is 2.75. The van der Waals surface area contributed by atoms with Crippen LogP contribution < -0.4 is 0 Å². The lowest BCUT2D eigenvalue weighted by atomic mass is 9.80. The summed E-state index contributed by atoms with van der Waals surface area (Å²) < 4.78 is 6.71. The molecule has 0 aromatic heterocycles. The Kier molecular flexibility index (Phi) is 7.24. The van der Waals surface area contributed by atoms with Crippen molar-refractivity contribution in [1.82, 2.24) is 0 Å². The Labute approximate surface area is 164 Å². The molecule has 1 radical (unpaired) electrons. The molecule has 3 rings (SSSR count). The number of rotatable bonds is 10. The molecule has 0 N–H and O–H groups in total. The number of ether oxygens (including phenoxy) is 1. The van der Waals surface area contributed by atoms with Gasteiger partial charge in [0.05, 0.1) is 6.61 Å². The number of hydrogen-bond donors (Lipinski definition) is 0. The van der Waals surface area contributed by atoms with E-state index in [1.54, 1.807) is 0 Å². The van der Waals surface area contributed by atoms with Gasteiger partial charge in [-0.3, -0.25) is 0 Å². The maximum absolute atomic E-state index is 6.71. The largest absolute Gasteiger partial charge is 0.361 e. The molecule has 139 valence electrons. The predicted molar refractivity (Wildman–Crippen MR) is 114 cm³/mol. The van der Waals surface area contributed by atoms with Gasteiger partial charge in [-0.05, 0) is 29.5 Å². The summed E-state index contributed by atoms with van der Waals surface area (Å²) in [7, 11) is 0. The van der Waals surface area contributed by atoms with Crippen LogP contribution >= 0.6 is 0 Å². The molecular formula is C26H29O. The van der Waals surface area contributed by atoms with Crippen molar-refractivity contribution >= 4 is 0 Å². The minimum atomic E-state index is -0.606. The Hall–Kier alpha value is -2.38. The van der Waals surface area contributed by atoms with Gasteiger partial charge in [0.25, 0.3) is 0 Å². The zero-order valence-corrected chi connectivity index (χ0v) is 16.2. The molecule has 0 aliphatic carbocycles. The van der Waals surface area contributed by atoms with Crippen molar-refractivity contribution in [2.75, 3.05) is 6.61 Å². The minimum Gasteiger partial charge on any atom is -0.361 e. The van der Waals surface area contributed by atoms with Crippen molar-refractivity contribution in [2.24, 2.45) is 0 Å². The van der Waals surface area contributed by atoms with Crippen LogP contribution in [0.4, 0.5) is 0 Å². The van der Waals surface area contributed by atoms with E-state index in [0.29, 0.717) is 6.61 Å². The van der Waals surface area contributed by atoms with Crippen molar-refractivity contribution in [3.63, 3.8) is 0 Å². The highest BCUT2D eigenvalue weighted by molar-refractivity contribution is 5.47. The van der Waals surface area contributed by atoms with E-state index in [4.69, 9.17) is 4.74 Å². The van der Waals surface area contributed by atoms with Crippen LogP contribution in [0.3, 0.4) is 0 Å². The maximum Gasteiger partial charge on any atom is 0.143 e. The highest BCUT2D eigenvalue weighted by atomic mass is 16.5. The topological polar surface area (TPSA) is 9.23 Å². The highest BCUT2D eigenvalue weighted by Gasteiger charge is 2.37. The van der Waals surface area contributed by atoms with Gasteiger partial charge < -0.3 is 4.74 Å². The van der Waals surface area contributed by atoms with E-state index in [1.807, 2.05) is 0 Å². The predicted octanol–water partition coefficient (Wildman–Crippen LogP) is 6.78. The molecule has 3 aromatic rings. The molecule has 0 saturated carbocycles. The van der Waals surface area contributed by atoms with Crippen LogP contribution in [0.15, 0.2) is 91.0 Å². The normalized spacial score (nSPS) is 11.4. The smallest absolute Gasteiger partial charge is 0.143 e. The summed E-state index contributed by atoms with van der Waals surface area (Å²) in [5.74, 6) is 0. The summed E-state index contributed by atoms with van der Waals surface area (Å²) in [6, 6.07) is 31.7. The van der Waals surface area contributed by atoms with E-state index in [-0.39, 0.29) is 0 Å². The van der Waals surface area contributed by atoms with Gasteiger partial charge in [-0.15, -0.1) is 0 Å². The summed E-state index contributed by atoms with van der Waals surface area (Å²) in [4.78, 5) is 0. The second-order valence-corrected chi connectivity index (χ2v) is 6.87. The number of benzene rings is 3. The zero-order chi connectivity index (χ0) is 18.8. The van der Waals surface area contributed by atoms with Gasteiger partial charge in [-0.25, -0.2) is 0 Å². The molecule has 0 amide bonds. The molecule has 0 aliphatic heterocycles. The first-order valence-corrected chi connectivity index (χ1v) is 10.00. The average molecular weight is 358 g/mol. The van der Waals surface area contributed by atoms with Crippen LogP contribution in [0.25, 0.3) is 0 Å². The molecule has 0 saturated heterocycles. The lowest BCUT2D eigenvalue weighted by Gasteiger charge is -2.36. The van der Waals surface area contributed by atoms with Gasteiger partial charge in [0.15, 0.2) is 0 Å². The monoisotopic (exact) mass is 357 g/mol. The fourth-order valence-corrected chi connectivity index (χ4v) is 3.57. The minimum absolute atomic E-state index is 0.606. The summed E-state index contributed by atoms with van der Waals surface area (Å²) in [5, 5.41) is 0. The fourth-order valence-electron chi connectivity index (χ4n) is 3.57. The lowest BCUT2D eigenvalue weighted by molar-refractivity contribution is 0.0251. The molecule has 0 atom stereocenters. The van der Waals surface area contributed by atoms with Crippen LogP contribution in [-0.4, -0.2) is 6.61 Å². The van der Waals surface area contributed by atoms with E-state index in [2.05, 4.69) is 104 Å². The molecule has 27 heavy (non-hydrogen) atoms.